The quantitative estimate of drug-likeness (QED) is 0.792. The molecule has 0 fully saturated rings. The van der Waals surface area contributed by atoms with Crippen molar-refractivity contribution in [2.24, 2.45) is 0 Å². The van der Waals surface area contributed by atoms with E-state index >= 15 is 0 Å². The maximum Gasteiger partial charge on any atom is 0.329 e. The smallest absolute Gasteiger partial charge is 0.329 e. The van der Waals surface area contributed by atoms with Crippen molar-refractivity contribution in [1.82, 2.24) is 9.88 Å². The first kappa shape index (κ1) is 13.0. The molecule has 1 aromatic heterocycles. The van der Waals surface area contributed by atoms with Gasteiger partial charge in [-0.1, -0.05) is 0 Å². The van der Waals surface area contributed by atoms with E-state index in [2.05, 4.69) is 4.98 Å². The summed E-state index contributed by atoms with van der Waals surface area (Å²) in [5, 5.41) is 9.00. The highest BCUT2D eigenvalue weighted by Gasteiger charge is 2.36. The van der Waals surface area contributed by atoms with Crippen LogP contribution in [0.2, 0.25) is 0 Å². The summed E-state index contributed by atoms with van der Waals surface area (Å²) in [4.78, 5) is 37.8. The van der Waals surface area contributed by atoms with Crippen molar-refractivity contribution >= 4 is 11.9 Å². The van der Waals surface area contributed by atoms with E-state index in [1.54, 1.807) is 0 Å². The minimum absolute atomic E-state index is 0.0793. The fourth-order valence-electron chi connectivity index (χ4n) is 1.17. The Labute approximate surface area is 97.9 Å². The Morgan fingerprint density at radius 2 is 2.00 bits per heavy atom. The first-order valence-corrected chi connectivity index (χ1v) is 4.97. The summed E-state index contributed by atoms with van der Waals surface area (Å²) in [6.07, 6.45) is 1.40. The number of carbonyl (C=O) groups excluding carboxylic acids is 1. The summed E-state index contributed by atoms with van der Waals surface area (Å²) in [5.41, 5.74) is -1.99. The van der Waals surface area contributed by atoms with Crippen LogP contribution in [-0.2, 0) is 4.79 Å². The average molecular weight is 238 g/mol. The van der Waals surface area contributed by atoms with Crippen molar-refractivity contribution in [2.45, 2.75) is 19.4 Å². The third kappa shape index (κ3) is 2.35. The van der Waals surface area contributed by atoms with Gasteiger partial charge in [0.25, 0.3) is 11.5 Å². The molecule has 6 heteroatoms. The Morgan fingerprint density at radius 1 is 1.41 bits per heavy atom. The van der Waals surface area contributed by atoms with E-state index in [0.29, 0.717) is 0 Å². The summed E-state index contributed by atoms with van der Waals surface area (Å²) in [6.45, 7) is 2.79. The normalized spacial score (nSPS) is 11.0. The number of carboxylic acids is 1. The van der Waals surface area contributed by atoms with Crippen molar-refractivity contribution in [2.75, 3.05) is 7.05 Å². The number of H-pyrrole nitrogens is 1. The van der Waals surface area contributed by atoms with Gasteiger partial charge in [0.05, 0.1) is 0 Å². The molecule has 2 N–H and O–H groups in total. The van der Waals surface area contributed by atoms with Crippen LogP contribution in [0.25, 0.3) is 0 Å². The lowest BCUT2D eigenvalue weighted by atomic mass is 10.0. The van der Waals surface area contributed by atoms with Gasteiger partial charge in [-0.3, -0.25) is 9.59 Å². The number of aromatic amines is 1. The Bertz CT molecular complexity index is 504. The molecule has 0 bridgehead atoms. The Kier molecular flexibility index (Phi) is 3.36. The molecular weight excluding hydrogens is 224 g/mol. The molecular formula is C11H14N2O4. The predicted molar refractivity (Wildman–Crippen MR) is 60.9 cm³/mol. The molecule has 0 aromatic carbocycles. The van der Waals surface area contributed by atoms with Crippen molar-refractivity contribution in [1.29, 1.82) is 0 Å². The van der Waals surface area contributed by atoms with Crippen molar-refractivity contribution in [3.63, 3.8) is 0 Å². The number of nitrogens with zero attached hydrogens (tertiary/aromatic N) is 1. The molecule has 92 valence electrons. The first-order chi connectivity index (χ1) is 7.78. The van der Waals surface area contributed by atoms with Crippen molar-refractivity contribution < 1.29 is 14.7 Å². The molecule has 0 saturated heterocycles. The molecule has 0 aliphatic rings. The van der Waals surface area contributed by atoms with Crippen LogP contribution in [0.15, 0.2) is 23.1 Å². The van der Waals surface area contributed by atoms with E-state index in [-0.39, 0.29) is 5.56 Å². The first-order valence-electron chi connectivity index (χ1n) is 4.97. The number of rotatable bonds is 3. The van der Waals surface area contributed by atoms with Crippen LogP contribution in [-0.4, -0.2) is 39.5 Å². The van der Waals surface area contributed by atoms with E-state index in [4.69, 9.17) is 5.11 Å². The van der Waals surface area contributed by atoms with E-state index < -0.39 is 23.0 Å². The molecule has 1 aromatic rings. The summed E-state index contributed by atoms with van der Waals surface area (Å²) < 4.78 is 0. The largest absolute Gasteiger partial charge is 0.480 e. The molecule has 6 nitrogen and oxygen atoms in total. The maximum atomic E-state index is 12.0. The van der Waals surface area contributed by atoms with Crippen LogP contribution in [0.4, 0.5) is 0 Å². The minimum atomic E-state index is -1.38. The molecule has 1 rings (SSSR count). The number of aromatic nitrogens is 1. The molecule has 0 radical (unpaired) electrons. The van der Waals surface area contributed by atoms with Crippen LogP contribution >= 0.6 is 0 Å². The number of pyridine rings is 1. The Hall–Kier alpha value is -2.11. The molecule has 0 saturated carbocycles. The molecule has 0 aliphatic carbocycles. The molecule has 0 spiro atoms. The zero-order valence-corrected chi connectivity index (χ0v) is 9.85. The third-order valence-corrected chi connectivity index (χ3v) is 2.72. The third-order valence-electron chi connectivity index (χ3n) is 2.72. The van der Waals surface area contributed by atoms with Gasteiger partial charge in [-0.05, 0) is 26.0 Å². The second-order valence-electron chi connectivity index (χ2n) is 4.14. The fraction of sp³-hybridized carbons (Fsp3) is 0.364. The van der Waals surface area contributed by atoms with Gasteiger partial charge in [0, 0.05) is 13.2 Å². The number of hydrogen-bond acceptors (Lipinski definition) is 3. The average Bonchev–Trinajstić information content (AvgIpc) is 2.27. The van der Waals surface area contributed by atoms with Crippen molar-refractivity contribution in [3.05, 3.63) is 34.2 Å². The van der Waals surface area contributed by atoms with E-state index in [0.717, 1.165) is 4.90 Å². The van der Waals surface area contributed by atoms with Gasteiger partial charge in [0.2, 0.25) is 0 Å². The zero-order valence-electron chi connectivity index (χ0n) is 9.85. The van der Waals surface area contributed by atoms with Gasteiger partial charge in [-0.2, -0.15) is 0 Å². The van der Waals surface area contributed by atoms with Crippen LogP contribution in [0, 0.1) is 0 Å². The van der Waals surface area contributed by atoms with Crippen LogP contribution in [0.1, 0.15) is 24.2 Å². The van der Waals surface area contributed by atoms with Crippen LogP contribution in [0.3, 0.4) is 0 Å². The number of aliphatic carboxylic acids is 1. The lowest BCUT2D eigenvalue weighted by Crippen LogP contribution is -2.51. The monoisotopic (exact) mass is 238 g/mol. The summed E-state index contributed by atoms with van der Waals surface area (Å²) in [6, 6.07) is 2.87. The van der Waals surface area contributed by atoms with Gasteiger partial charge < -0.3 is 15.0 Å². The Balaban J connectivity index is 3.12. The molecule has 0 atom stereocenters. The predicted octanol–water partition coefficient (Wildman–Crippen LogP) is 0.310. The molecule has 0 unspecified atom stereocenters. The fourth-order valence-corrected chi connectivity index (χ4v) is 1.17. The van der Waals surface area contributed by atoms with Gasteiger partial charge >= 0.3 is 5.97 Å². The number of nitrogens with one attached hydrogen (secondary N) is 1. The lowest BCUT2D eigenvalue weighted by Gasteiger charge is -2.31. The number of carbonyl (C=O) groups is 2. The van der Waals surface area contributed by atoms with E-state index in [1.807, 2.05) is 0 Å². The van der Waals surface area contributed by atoms with Gasteiger partial charge in [-0.15, -0.1) is 0 Å². The zero-order chi connectivity index (χ0) is 13.2. The second kappa shape index (κ2) is 4.40. The second-order valence-corrected chi connectivity index (χ2v) is 4.14. The van der Waals surface area contributed by atoms with E-state index in [9.17, 15) is 14.4 Å². The number of amides is 1. The highest BCUT2D eigenvalue weighted by Crippen LogP contribution is 2.14. The summed E-state index contributed by atoms with van der Waals surface area (Å²) in [7, 11) is 1.35. The molecule has 1 heterocycles. The van der Waals surface area contributed by atoms with Crippen molar-refractivity contribution in [3.8, 4) is 0 Å². The van der Waals surface area contributed by atoms with Gasteiger partial charge in [0.1, 0.15) is 11.1 Å². The van der Waals surface area contributed by atoms with Gasteiger partial charge in [-0.25, -0.2) is 4.79 Å². The SMILES string of the molecule is CN(C(=O)c1ccc[nH]c1=O)C(C)(C)C(=O)O. The summed E-state index contributed by atoms with van der Waals surface area (Å²) in [5.74, 6) is -1.76. The van der Waals surface area contributed by atoms with E-state index in [1.165, 1.54) is 39.2 Å². The summed E-state index contributed by atoms with van der Waals surface area (Å²) >= 11 is 0. The highest BCUT2D eigenvalue weighted by molar-refractivity contribution is 5.97. The lowest BCUT2D eigenvalue weighted by molar-refractivity contribution is -0.147. The molecule has 17 heavy (non-hydrogen) atoms. The molecule has 0 aliphatic heterocycles. The minimum Gasteiger partial charge on any atom is -0.480 e. The maximum absolute atomic E-state index is 12.0. The number of hydrogen-bond donors (Lipinski definition) is 2. The Morgan fingerprint density at radius 3 is 2.47 bits per heavy atom. The van der Waals surface area contributed by atoms with Crippen LogP contribution < -0.4 is 5.56 Å². The van der Waals surface area contributed by atoms with Gasteiger partial charge in [0.15, 0.2) is 0 Å². The topological polar surface area (TPSA) is 90.5 Å². The number of carboxylic acid groups (broad SMARTS) is 1. The molecule has 1 amide bonds. The standard InChI is InChI=1S/C11H14N2O4/c1-11(2,10(16)17)13(3)9(15)7-5-4-6-12-8(7)14/h4-6H,1-3H3,(H,12,14)(H,16,17). The van der Waals surface area contributed by atoms with Crippen LogP contribution in [0.5, 0.6) is 0 Å². The number of likely N-dealkylation sites (N-methyl/N-ethyl adjacent to an activating group) is 1. The highest BCUT2D eigenvalue weighted by atomic mass is 16.4.